The van der Waals surface area contributed by atoms with Crippen molar-refractivity contribution >= 4 is 11.5 Å². The Morgan fingerprint density at radius 3 is 2.73 bits per heavy atom. The van der Waals surface area contributed by atoms with Gasteiger partial charge in [-0.1, -0.05) is 11.4 Å². The van der Waals surface area contributed by atoms with Crippen molar-refractivity contribution in [2.75, 3.05) is 20.8 Å². The summed E-state index contributed by atoms with van der Waals surface area (Å²) in [7, 11) is 3.72. The van der Waals surface area contributed by atoms with E-state index in [2.05, 4.69) is 21.8 Å². The molecule has 0 aliphatic carbocycles. The third-order valence-electron chi connectivity index (χ3n) is 2.63. The minimum atomic E-state index is 0.333. The van der Waals surface area contributed by atoms with Crippen molar-refractivity contribution < 1.29 is 4.74 Å². The van der Waals surface area contributed by atoms with Gasteiger partial charge in [-0.05, 0) is 37.8 Å². The summed E-state index contributed by atoms with van der Waals surface area (Å²) in [5, 5.41) is 7.37. The van der Waals surface area contributed by atoms with Crippen molar-refractivity contribution in [2.45, 2.75) is 26.3 Å². The van der Waals surface area contributed by atoms with Crippen LogP contribution in [0.3, 0.4) is 0 Å². The van der Waals surface area contributed by atoms with Crippen molar-refractivity contribution in [3.8, 4) is 0 Å². The highest BCUT2D eigenvalue weighted by Gasteiger charge is 2.21. The molecule has 0 spiro atoms. The van der Waals surface area contributed by atoms with Gasteiger partial charge in [-0.25, -0.2) is 0 Å². The van der Waals surface area contributed by atoms with E-state index in [1.807, 2.05) is 14.0 Å². The molecule has 0 saturated carbocycles. The highest BCUT2D eigenvalue weighted by Crippen LogP contribution is 2.28. The van der Waals surface area contributed by atoms with Crippen molar-refractivity contribution in [3.05, 3.63) is 10.6 Å². The molecule has 1 aromatic rings. The molecule has 1 aromatic heterocycles. The standard InChI is InChI=1S/C10H19N3OS/c1-7(5-6-14-4)9(11-3)10-8(2)12-13-15-10/h7,9,11H,5-6H2,1-4H3. The molecular weight excluding hydrogens is 210 g/mol. The minimum absolute atomic E-state index is 0.333. The molecule has 0 aromatic carbocycles. The molecule has 0 radical (unpaired) electrons. The average Bonchev–Trinajstić information content (AvgIpc) is 2.63. The second-order valence-corrected chi connectivity index (χ2v) is 4.53. The fourth-order valence-electron chi connectivity index (χ4n) is 1.67. The molecule has 1 N–H and O–H groups in total. The van der Waals surface area contributed by atoms with E-state index in [-0.39, 0.29) is 0 Å². The van der Waals surface area contributed by atoms with Gasteiger partial charge >= 0.3 is 0 Å². The number of ether oxygens (including phenoxy) is 1. The summed E-state index contributed by atoms with van der Waals surface area (Å²) in [5.41, 5.74) is 1.03. The van der Waals surface area contributed by atoms with Crippen LogP contribution >= 0.6 is 11.5 Å². The van der Waals surface area contributed by atoms with Crippen LogP contribution in [0.1, 0.15) is 30.0 Å². The van der Waals surface area contributed by atoms with E-state index in [1.165, 1.54) is 16.4 Å². The number of nitrogens with zero attached hydrogens (tertiary/aromatic N) is 2. The first-order chi connectivity index (χ1) is 7.20. The molecule has 0 aliphatic rings. The summed E-state index contributed by atoms with van der Waals surface area (Å²) >= 11 is 1.48. The molecule has 5 heteroatoms. The quantitative estimate of drug-likeness (QED) is 0.807. The van der Waals surface area contributed by atoms with Crippen molar-refractivity contribution in [1.82, 2.24) is 14.9 Å². The van der Waals surface area contributed by atoms with Gasteiger partial charge in [-0.15, -0.1) is 5.10 Å². The Labute approximate surface area is 95.2 Å². The maximum atomic E-state index is 5.10. The van der Waals surface area contributed by atoms with E-state index in [0.717, 1.165) is 18.7 Å². The lowest BCUT2D eigenvalue weighted by atomic mass is 9.97. The summed E-state index contributed by atoms with van der Waals surface area (Å²) in [6, 6.07) is 0.333. The molecule has 15 heavy (non-hydrogen) atoms. The number of aryl methyl sites for hydroxylation is 1. The zero-order valence-electron chi connectivity index (χ0n) is 9.78. The zero-order chi connectivity index (χ0) is 11.3. The van der Waals surface area contributed by atoms with E-state index in [9.17, 15) is 0 Å². The Balaban J connectivity index is 2.67. The molecule has 1 heterocycles. The molecule has 0 bridgehead atoms. The van der Waals surface area contributed by atoms with E-state index < -0.39 is 0 Å². The van der Waals surface area contributed by atoms with Gasteiger partial charge in [-0.3, -0.25) is 0 Å². The fraction of sp³-hybridized carbons (Fsp3) is 0.800. The third-order valence-corrected chi connectivity index (χ3v) is 3.54. The maximum Gasteiger partial charge on any atom is 0.0772 e. The molecule has 0 amide bonds. The normalized spacial score (nSPS) is 15.2. The summed E-state index contributed by atoms with van der Waals surface area (Å²) < 4.78 is 9.07. The SMILES string of the molecule is CNC(c1snnc1C)C(C)CCOC. The topological polar surface area (TPSA) is 47.0 Å². The molecule has 86 valence electrons. The van der Waals surface area contributed by atoms with Crippen LogP contribution < -0.4 is 5.32 Å². The van der Waals surface area contributed by atoms with Crippen LogP contribution in [-0.4, -0.2) is 30.4 Å². The lowest BCUT2D eigenvalue weighted by Gasteiger charge is -2.22. The lowest BCUT2D eigenvalue weighted by molar-refractivity contribution is 0.171. The first-order valence-electron chi connectivity index (χ1n) is 5.15. The molecule has 2 unspecified atom stereocenters. The van der Waals surface area contributed by atoms with Gasteiger partial charge < -0.3 is 10.1 Å². The van der Waals surface area contributed by atoms with E-state index in [4.69, 9.17) is 4.74 Å². The van der Waals surface area contributed by atoms with Gasteiger partial charge in [-0.2, -0.15) is 0 Å². The zero-order valence-corrected chi connectivity index (χ0v) is 10.6. The van der Waals surface area contributed by atoms with Gasteiger partial charge in [0.25, 0.3) is 0 Å². The summed E-state index contributed by atoms with van der Waals surface area (Å²) in [5.74, 6) is 0.524. The highest BCUT2D eigenvalue weighted by atomic mass is 32.1. The number of hydrogen-bond donors (Lipinski definition) is 1. The van der Waals surface area contributed by atoms with Crippen LogP contribution in [0, 0.1) is 12.8 Å². The monoisotopic (exact) mass is 229 g/mol. The Kier molecular flexibility index (Phi) is 5.14. The van der Waals surface area contributed by atoms with Crippen molar-refractivity contribution in [1.29, 1.82) is 0 Å². The van der Waals surface area contributed by atoms with Gasteiger partial charge in [0.05, 0.1) is 10.6 Å². The largest absolute Gasteiger partial charge is 0.385 e. The Bertz CT molecular complexity index is 290. The van der Waals surface area contributed by atoms with Crippen molar-refractivity contribution in [2.24, 2.45) is 5.92 Å². The highest BCUT2D eigenvalue weighted by molar-refractivity contribution is 7.05. The predicted molar refractivity (Wildman–Crippen MR) is 62.1 cm³/mol. The number of rotatable bonds is 6. The van der Waals surface area contributed by atoms with Crippen LogP contribution in [0.5, 0.6) is 0 Å². The van der Waals surface area contributed by atoms with Crippen LogP contribution in [0.25, 0.3) is 0 Å². The average molecular weight is 229 g/mol. The number of aromatic nitrogens is 2. The summed E-state index contributed by atoms with van der Waals surface area (Å²) in [4.78, 5) is 1.24. The van der Waals surface area contributed by atoms with E-state index in [1.54, 1.807) is 7.11 Å². The predicted octanol–water partition coefficient (Wildman–Crippen LogP) is 1.78. The van der Waals surface area contributed by atoms with Gasteiger partial charge in [0.15, 0.2) is 0 Å². The molecule has 0 fully saturated rings. The Morgan fingerprint density at radius 1 is 1.53 bits per heavy atom. The van der Waals surface area contributed by atoms with Crippen LogP contribution in [0.2, 0.25) is 0 Å². The molecular formula is C10H19N3OS. The molecule has 2 atom stereocenters. The van der Waals surface area contributed by atoms with Gasteiger partial charge in [0.1, 0.15) is 0 Å². The number of hydrogen-bond acceptors (Lipinski definition) is 5. The second-order valence-electron chi connectivity index (χ2n) is 3.75. The van der Waals surface area contributed by atoms with Gasteiger partial charge in [0, 0.05) is 19.8 Å². The Hall–Kier alpha value is -0.520. The van der Waals surface area contributed by atoms with E-state index >= 15 is 0 Å². The maximum absolute atomic E-state index is 5.10. The van der Waals surface area contributed by atoms with Crippen LogP contribution in [0.4, 0.5) is 0 Å². The molecule has 4 nitrogen and oxygen atoms in total. The molecule has 0 saturated heterocycles. The first-order valence-corrected chi connectivity index (χ1v) is 5.93. The van der Waals surface area contributed by atoms with Gasteiger partial charge in [0.2, 0.25) is 0 Å². The minimum Gasteiger partial charge on any atom is -0.385 e. The van der Waals surface area contributed by atoms with Crippen LogP contribution in [-0.2, 0) is 4.74 Å². The summed E-state index contributed by atoms with van der Waals surface area (Å²) in [6.45, 7) is 5.02. The summed E-state index contributed by atoms with van der Waals surface area (Å²) in [6.07, 6.45) is 1.04. The van der Waals surface area contributed by atoms with Crippen molar-refractivity contribution in [3.63, 3.8) is 0 Å². The fourth-order valence-corrected chi connectivity index (χ4v) is 2.56. The van der Waals surface area contributed by atoms with E-state index in [0.29, 0.717) is 12.0 Å². The third kappa shape index (κ3) is 3.22. The van der Waals surface area contributed by atoms with Crippen LogP contribution in [0.15, 0.2) is 0 Å². The second kappa shape index (κ2) is 6.15. The number of methoxy groups -OCH3 is 1. The molecule has 0 aliphatic heterocycles. The number of nitrogens with one attached hydrogen (secondary N) is 1. The first kappa shape index (κ1) is 12.5. The smallest absolute Gasteiger partial charge is 0.0772 e. The lowest BCUT2D eigenvalue weighted by Crippen LogP contribution is -2.24. The Morgan fingerprint density at radius 2 is 2.27 bits per heavy atom. The molecule has 1 rings (SSSR count).